The van der Waals surface area contributed by atoms with Gasteiger partial charge in [0.15, 0.2) is 0 Å². The van der Waals surface area contributed by atoms with E-state index in [1.165, 1.54) is 6.08 Å². The lowest BCUT2D eigenvalue weighted by atomic mass is 9.95. The molecule has 0 heterocycles. The Morgan fingerprint density at radius 2 is 1.87 bits per heavy atom. The molecule has 0 radical (unpaired) electrons. The fourth-order valence-electron chi connectivity index (χ4n) is 4.52. The second-order valence-corrected chi connectivity index (χ2v) is 8.29. The van der Waals surface area contributed by atoms with Crippen LogP contribution in [0.25, 0.3) is 11.1 Å². The van der Waals surface area contributed by atoms with E-state index < -0.39 is 34.9 Å². The second-order valence-electron chi connectivity index (χ2n) is 8.07. The van der Waals surface area contributed by atoms with Gasteiger partial charge in [-0.05, 0) is 34.6 Å². The van der Waals surface area contributed by atoms with Crippen LogP contribution in [-0.4, -0.2) is 18.1 Å². The van der Waals surface area contributed by atoms with Gasteiger partial charge in [-0.2, -0.15) is 8.78 Å². The molecule has 0 aliphatic heterocycles. The SMILES string of the molecule is C=CC1(C(=O)OCc2cccc(-c3ccccc3)c2C)C(C(F)(F)OCCl)C1(C)C. The van der Waals surface area contributed by atoms with Crippen molar-refractivity contribution >= 4 is 17.6 Å². The number of ether oxygens (including phenoxy) is 2. The summed E-state index contributed by atoms with van der Waals surface area (Å²) in [6.45, 7) is 8.72. The molecule has 2 aromatic carbocycles. The minimum Gasteiger partial charge on any atom is -0.460 e. The van der Waals surface area contributed by atoms with Crippen molar-refractivity contribution in [2.24, 2.45) is 16.7 Å². The van der Waals surface area contributed by atoms with Crippen molar-refractivity contribution in [3.05, 3.63) is 72.3 Å². The molecule has 0 amide bonds. The van der Waals surface area contributed by atoms with Gasteiger partial charge in [0.2, 0.25) is 0 Å². The molecule has 2 atom stereocenters. The Kier molecular flexibility index (Phi) is 6.08. The zero-order chi connectivity index (χ0) is 22.2. The average molecular weight is 435 g/mol. The van der Waals surface area contributed by atoms with E-state index in [4.69, 9.17) is 16.3 Å². The van der Waals surface area contributed by atoms with Gasteiger partial charge >= 0.3 is 12.1 Å². The molecule has 3 rings (SSSR count). The molecule has 1 aliphatic rings. The predicted molar refractivity (Wildman–Crippen MR) is 113 cm³/mol. The molecule has 30 heavy (non-hydrogen) atoms. The first-order valence-corrected chi connectivity index (χ1v) is 10.2. The minimum absolute atomic E-state index is 0.0222. The summed E-state index contributed by atoms with van der Waals surface area (Å²) in [5.74, 6) is -2.15. The second kappa shape index (κ2) is 8.12. The van der Waals surface area contributed by atoms with Crippen LogP contribution in [0.1, 0.15) is 25.0 Å². The Morgan fingerprint density at radius 1 is 1.20 bits per heavy atom. The standard InChI is InChI=1S/C24H25ClF2O3/c1-5-23(20(22(23,3)4)24(26,27)30-15-25)21(28)29-14-18-12-9-13-19(16(18)2)17-10-7-6-8-11-17/h5-13,20H,1,14-15H2,2-4H3. The van der Waals surface area contributed by atoms with Gasteiger partial charge in [0, 0.05) is 0 Å². The number of hydrogen-bond acceptors (Lipinski definition) is 3. The third-order valence-corrected chi connectivity index (χ3v) is 6.40. The zero-order valence-electron chi connectivity index (χ0n) is 17.3. The molecule has 0 saturated heterocycles. The molecule has 3 nitrogen and oxygen atoms in total. The van der Waals surface area contributed by atoms with Crippen LogP contribution in [0.4, 0.5) is 8.78 Å². The number of esters is 1. The van der Waals surface area contributed by atoms with Crippen LogP contribution in [0.3, 0.4) is 0 Å². The van der Waals surface area contributed by atoms with Crippen molar-refractivity contribution in [3.63, 3.8) is 0 Å². The van der Waals surface area contributed by atoms with E-state index in [0.29, 0.717) is 0 Å². The van der Waals surface area contributed by atoms with E-state index in [1.807, 2.05) is 55.5 Å². The predicted octanol–water partition coefficient (Wildman–Crippen LogP) is 6.34. The van der Waals surface area contributed by atoms with Crippen LogP contribution in [0.2, 0.25) is 0 Å². The first-order valence-electron chi connectivity index (χ1n) is 9.66. The van der Waals surface area contributed by atoms with Crippen LogP contribution in [-0.2, 0) is 20.9 Å². The van der Waals surface area contributed by atoms with Crippen molar-refractivity contribution < 1.29 is 23.0 Å². The van der Waals surface area contributed by atoms with Crippen molar-refractivity contribution in [2.75, 3.05) is 6.07 Å². The number of carbonyl (C=O) groups excluding carboxylic acids is 1. The maximum absolute atomic E-state index is 14.5. The van der Waals surface area contributed by atoms with Crippen LogP contribution < -0.4 is 0 Å². The number of carbonyl (C=O) groups is 1. The molecule has 0 spiro atoms. The number of hydrogen-bond donors (Lipinski definition) is 0. The Hall–Kier alpha value is -2.24. The smallest absolute Gasteiger partial charge is 0.361 e. The molecule has 6 heteroatoms. The first kappa shape index (κ1) is 22.4. The average Bonchev–Trinajstić information content (AvgIpc) is 3.25. The molecular weight excluding hydrogens is 410 g/mol. The molecule has 1 fully saturated rings. The molecule has 160 valence electrons. The van der Waals surface area contributed by atoms with E-state index >= 15 is 0 Å². The summed E-state index contributed by atoms with van der Waals surface area (Å²) in [5.41, 5.74) is 1.21. The summed E-state index contributed by atoms with van der Waals surface area (Å²) in [6, 6.07) is 14.9. The molecule has 0 N–H and O–H groups in total. The third kappa shape index (κ3) is 3.54. The Bertz CT molecular complexity index is 943. The summed E-state index contributed by atoms with van der Waals surface area (Å²) >= 11 is 5.35. The van der Waals surface area contributed by atoms with Gasteiger partial charge in [-0.15, -0.1) is 6.58 Å². The normalized spacial score (nSPS) is 22.4. The maximum atomic E-state index is 14.5. The molecule has 0 bridgehead atoms. The largest absolute Gasteiger partial charge is 0.460 e. The fraction of sp³-hybridized carbons (Fsp3) is 0.375. The van der Waals surface area contributed by atoms with Crippen molar-refractivity contribution in [3.8, 4) is 11.1 Å². The van der Waals surface area contributed by atoms with Crippen LogP contribution >= 0.6 is 11.6 Å². The number of benzene rings is 2. The summed E-state index contributed by atoms with van der Waals surface area (Å²) < 4.78 is 38.9. The quantitative estimate of drug-likeness (QED) is 0.276. The summed E-state index contributed by atoms with van der Waals surface area (Å²) in [4.78, 5) is 13.0. The monoisotopic (exact) mass is 434 g/mol. The Labute approximate surface area is 180 Å². The highest BCUT2D eigenvalue weighted by molar-refractivity contribution is 6.17. The highest BCUT2D eigenvalue weighted by Crippen LogP contribution is 2.74. The zero-order valence-corrected chi connectivity index (χ0v) is 18.0. The van der Waals surface area contributed by atoms with Crippen LogP contribution in [0.5, 0.6) is 0 Å². The maximum Gasteiger partial charge on any atom is 0.361 e. The lowest BCUT2D eigenvalue weighted by molar-refractivity contribution is -0.251. The Balaban J connectivity index is 1.81. The van der Waals surface area contributed by atoms with E-state index in [1.54, 1.807) is 13.8 Å². The van der Waals surface area contributed by atoms with E-state index in [-0.39, 0.29) is 6.61 Å². The lowest BCUT2D eigenvalue weighted by Crippen LogP contribution is -2.30. The van der Waals surface area contributed by atoms with Gasteiger partial charge in [-0.3, -0.25) is 4.79 Å². The van der Waals surface area contributed by atoms with Crippen molar-refractivity contribution in [1.82, 2.24) is 0 Å². The molecule has 2 aromatic rings. The van der Waals surface area contributed by atoms with Gasteiger partial charge in [-0.25, -0.2) is 0 Å². The number of rotatable bonds is 8. The van der Waals surface area contributed by atoms with Gasteiger partial charge in [0.1, 0.15) is 18.1 Å². The molecule has 2 unspecified atom stereocenters. The van der Waals surface area contributed by atoms with Crippen molar-refractivity contribution in [2.45, 2.75) is 33.5 Å². The van der Waals surface area contributed by atoms with Gasteiger partial charge < -0.3 is 9.47 Å². The topological polar surface area (TPSA) is 35.5 Å². The lowest BCUT2D eigenvalue weighted by Gasteiger charge is -2.19. The molecule has 1 saturated carbocycles. The minimum atomic E-state index is -3.57. The van der Waals surface area contributed by atoms with Gasteiger partial charge in [0.05, 0.1) is 5.92 Å². The summed E-state index contributed by atoms with van der Waals surface area (Å²) in [7, 11) is 0. The highest BCUT2D eigenvalue weighted by Gasteiger charge is 2.83. The summed E-state index contributed by atoms with van der Waals surface area (Å²) in [5, 5.41) is 0. The van der Waals surface area contributed by atoms with Crippen LogP contribution in [0.15, 0.2) is 61.2 Å². The van der Waals surface area contributed by atoms with E-state index in [2.05, 4.69) is 11.3 Å². The number of alkyl halides is 3. The number of halogens is 3. The van der Waals surface area contributed by atoms with Crippen LogP contribution in [0, 0.1) is 23.7 Å². The highest BCUT2D eigenvalue weighted by atomic mass is 35.5. The molecule has 1 aliphatic carbocycles. The molecule has 0 aromatic heterocycles. The third-order valence-electron chi connectivity index (χ3n) is 6.29. The fourth-order valence-corrected chi connectivity index (χ4v) is 4.66. The summed E-state index contributed by atoms with van der Waals surface area (Å²) in [6.07, 6.45) is -2.32. The Morgan fingerprint density at radius 3 is 2.47 bits per heavy atom. The van der Waals surface area contributed by atoms with E-state index in [0.717, 1.165) is 22.3 Å². The first-order chi connectivity index (χ1) is 14.1. The van der Waals surface area contributed by atoms with Gasteiger partial charge in [0.25, 0.3) is 0 Å². The van der Waals surface area contributed by atoms with Gasteiger partial charge in [-0.1, -0.05) is 80.1 Å². The molecular formula is C24H25ClF2O3. The van der Waals surface area contributed by atoms with E-state index in [9.17, 15) is 13.6 Å². The van der Waals surface area contributed by atoms with Crippen molar-refractivity contribution in [1.29, 1.82) is 0 Å².